The molecule has 4 nitrogen and oxygen atoms in total. The Morgan fingerprint density at radius 2 is 2.00 bits per heavy atom. The molecule has 19 heavy (non-hydrogen) atoms. The van der Waals surface area contributed by atoms with Crippen molar-refractivity contribution in [2.75, 3.05) is 0 Å². The maximum absolute atomic E-state index is 5.72. The van der Waals surface area contributed by atoms with Crippen LogP contribution in [-0.2, 0) is 4.84 Å². The topological polar surface area (TPSA) is 46.0 Å². The zero-order valence-electron chi connectivity index (χ0n) is 10.1. The Bertz CT molecular complexity index is 683. The molecule has 2 aliphatic heterocycles. The van der Waals surface area contributed by atoms with Crippen LogP contribution < -0.4 is 5.48 Å². The van der Waals surface area contributed by atoms with Gasteiger partial charge in [-0.2, -0.15) is 10.2 Å². The molecule has 0 bridgehead atoms. The van der Waals surface area contributed by atoms with Crippen molar-refractivity contribution in [3.05, 3.63) is 65.8 Å². The van der Waals surface area contributed by atoms with Crippen molar-refractivity contribution in [1.29, 1.82) is 0 Å². The molecule has 2 heterocycles. The van der Waals surface area contributed by atoms with E-state index >= 15 is 0 Å². The largest absolute Gasteiger partial charge is 0.406 e. The van der Waals surface area contributed by atoms with Crippen molar-refractivity contribution < 1.29 is 4.84 Å². The van der Waals surface area contributed by atoms with E-state index in [1.807, 2.05) is 54.6 Å². The molecule has 1 aromatic rings. The summed E-state index contributed by atoms with van der Waals surface area (Å²) in [6, 6.07) is 10.00. The number of nitrogens with one attached hydrogen (secondary N) is 1. The Balaban J connectivity index is 1.92. The van der Waals surface area contributed by atoms with Crippen LogP contribution in [0.2, 0.25) is 0 Å². The van der Waals surface area contributed by atoms with Crippen molar-refractivity contribution >= 4 is 17.7 Å². The zero-order chi connectivity index (χ0) is 12.7. The van der Waals surface area contributed by atoms with Gasteiger partial charge in [-0.1, -0.05) is 48.6 Å². The minimum atomic E-state index is -0.498. The minimum Gasteiger partial charge on any atom is -0.406 e. The van der Waals surface area contributed by atoms with Gasteiger partial charge >= 0.3 is 0 Å². The quantitative estimate of drug-likeness (QED) is 0.829. The van der Waals surface area contributed by atoms with Crippen LogP contribution in [0.3, 0.4) is 0 Å². The number of hydrogen-bond acceptors (Lipinski definition) is 4. The molecular formula is C15H11N3O. The number of allylic oxidation sites excluding steroid dienone is 2. The van der Waals surface area contributed by atoms with Crippen LogP contribution >= 0.6 is 0 Å². The summed E-state index contributed by atoms with van der Waals surface area (Å²) in [6.07, 6.45) is 9.69. The first-order valence-electron chi connectivity index (χ1n) is 6.12. The van der Waals surface area contributed by atoms with Crippen molar-refractivity contribution in [3.63, 3.8) is 0 Å². The molecule has 0 fully saturated rings. The van der Waals surface area contributed by atoms with Crippen LogP contribution in [0.5, 0.6) is 0 Å². The summed E-state index contributed by atoms with van der Waals surface area (Å²) in [5, 5.41) is 8.26. The molecular weight excluding hydrogens is 238 g/mol. The molecule has 0 radical (unpaired) electrons. The lowest BCUT2D eigenvalue weighted by Crippen LogP contribution is -2.49. The summed E-state index contributed by atoms with van der Waals surface area (Å²) in [7, 11) is 0. The monoisotopic (exact) mass is 249 g/mol. The van der Waals surface area contributed by atoms with Gasteiger partial charge in [0.25, 0.3) is 0 Å². The average molecular weight is 249 g/mol. The first kappa shape index (κ1) is 10.5. The highest BCUT2D eigenvalue weighted by Crippen LogP contribution is 2.37. The maximum atomic E-state index is 5.72. The molecule has 92 valence electrons. The molecule has 4 rings (SSSR count). The van der Waals surface area contributed by atoms with Gasteiger partial charge in [-0.3, -0.25) is 0 Å². The second-order valence-electron chi connectivity index (χ2n) is 4.57. The summed E-state index contributed by atoms with van der Waals surface area (Å²) in [5.41, 5.74) is 5.45. The van der Waals surface area contributed by atoms with E-state index in [1.165, 1.54) is 0 Å². The fourth-order valence-corrected chi connectivity index (χ4v) is 2.52. The summed E-state index contributed by atoms with van der Waals surface area (Å²) < 4.78 is 0. The van der Waals surface area contributed by atoms with Gasteiger partial charge in [0, 0.05) is 5.56 Å². The summed E-state index contributed by atoms with van der Waals surface area (Å²) in [5.74, 6) is 0.803. The molecule has 1 spiro atoms. The molecule has 1 N–H and O–H groups in total. The van der Waals surface area contributed by atoms with Crippen molar-refractivity contribution in [1.82, 2.24) is 5.48 Å². The third kappa shape index (κ3) is 1.37. The van der Waals surface area contributed by atoms with E-state index in [2.05, 4.69) is 15.7 Å². The Morgan fingerprint density at radius 1 is 1.11 bits per heavy atom. The molecule has 0 saturated carbocycles. The Labute approximate surface area is 110 Å². The van der Waals surface area contributed by atoms with Gasteiger partial charge < -0.3 is 4.84 Å². The van der Waals surface area contributed by atoms with E-state index in [-0.39, 0.29) is 0 Å². The van der Waals surface area contributed by atoms with Crippen LogP contribution in [0, 0.1) is 0 Å². The number of hydroxylamine groups is 1. The highest BCUT2D eigenvalue weighted by atomic mass is 16.7. The molecule has 1 unspecified atom stereocenters. The number of benzene rings is 1. The van der Waals surface area contributed by atoms with Gasteiger partial charge in [0.1, 0.15) is 5.54 Å². The van der Waals surface area contributed by atoms with Crippen LogP contribution in [0.15, 0.2) is 70.4 Å². The predicted octanol–water partition coefficient (Wildman–Crippen LogP) is 2.24. The second-order valence-corrected chi connectivity index (χ2v) is 4.57. The normalized spacial score (nSPS) is 26.8. The summed E-state index contributed by atoms with van der Waals surface area (Å²) in [6.45, 7) is 0. The zero-order valence-corrected chi connectivity index (χ0v) is 10.1. The Morgan fingerprint density at radius 3 is 2.89 bits per heavy atom. The van der Waals surface area contributed by atoms with E-state index in [4.69, 9.17) is 4.84 Å². The van der Waals surface area contributed by atoms with E-state index < -0.39 is 5.54 Å². The molecule has 1 aromatic carbocycles. The van der Waals surface area contributed by atoms with E-state index in [0.717, 1.165) is 22.6 Å². The molecule has 0 aromatic heterocycles. The predicted molar refractivity (Wildman–Crippen MR) is 74.5 cm³/mol. The van der Waals surface area contributed by atoms with Gasteiger partial charge in [0.05, 0.1) is 17.5 Å². The highest BCUT2D eigenvalue weighted by molar-refractivity contribution is 6.16. The molecule has 0 saturated heterocycles. The highest BCUT2D eigenvalue weighted by Gasteiger charge is 2.46. The molecule has 4 heteroatoms. The Kier molecular flexibility index (Phi) is 2.07. The second kappa shape index (κ2) is 3.76. The fourth-order valence-electron chi connectivity index (χ4n) is 2.52. The SMILES string of the molecule is C1=CC2=NN=CC3=C(c4ccccc4)ONC23C=C1. The molecule has 1 atom stereocenters. The van der Waals surface area contributed by atoms with Crippen molar-refractivity contribution in [2.45, 2.75) is 5.54 Å². The van der Waals surface area contributed by atoms with E-state index in [9.17, 15) is 0 Å². The van der Waals surface area contributed by atoms with Crippen LogP contribution in [-0.4, -0.2) is 17.5 Å². The smallest absolute Gasteiger partial charge is 0.161 e. The van der Waals surface area contributed by atoms with Gasteiger partial charge in [-0.05, 0) is 6.08 Å². The number of hydrogen-bond donors (Lipinski definition) is 1. The lowest BCUT2D eigenvalue weighted by Gasteiger charge is -2.28. The van der Waals surface area contributed by atoms with Gasteiger partial charge in [-0.25, -0.2) is 0 Å². The number of rotatable bonds is 1. The summed E-state index contributed by atoms with van der Waals surface area (Å²) in [4.78, 5) is 5.72. The lowest BCUT2D eigenvalue weighted by molar-refractivity contribution is 0.157. The van der Waals surface area contributed by atoms with Gasteiger partial charge in [-0.15, -0.1) is 5.48 Å². The standard InChI is InChI=1S/C15H11N3O/c1-2-6-11(7-3-1)14-12-10-16-17-13-8-4-5-9-15(12,13)18-19-14/h1-10,18H. The van der Waals surface area contributed by atoms with Gasteiger partial charge in [0.15, 0.2) is 5.76 Å². The van der Waals surface area contributed by atoms with Crippen LogP contribution in [0.4, 0.5) is 0 Å². The molecule has 0 amide bonds. The summed E-state index contributed by atoms with van der Waals surface area (Å²) >= 11 is 0. The lowest BCUT2D eigenvalue weighted by atomic mass is 9.81. The minimum absolute atomic E-state index is 0.498. The van der Waals surface area contributed by atoms with Crippen molar-refractivity contribution in [2.24, 2.45) is 10.2 Å². The third-order valence-corrected chi connectivity index (χ3v) is 3.49. The van der Waals surface area contributed by atoms with Crippen LogP contribution in [0.25, 0.3) is 5.76 Å². The first-order chi connectivity index (χ1) is 9.40. The fraction of sp³-hybridized carbons (Fsp3) is 0.0667. The van der Waals surface area contributed by atoms with Gasteiger partial charge in [0.2, 0.25) is 0 Å². The molecule has 3 aliphatic rings. The van der Waals surface area contributed by atoms with Crippen LogP contribution in [0.1, 0.15) is 5.56 Å². The third-order valence-electron chi connectivity index (χ3n) is 3.49. The Hall–Kier alpha value is -2.46. The van der Waals surface area contributed by atoms with E-state index in [1.54, 1.807) is 6.21 Å². The number of nitrogens with zero attached hydrogens (tertiary/aromatic N) is 2. The molecule has 1 aliphatic carbocycles. The first-order valence-corrected chi connectivity index (χ1v) is 6.12. The van der Waals surface area contributed by atoms with E-state index in [0.29, 0.717) is 0 Å². The maximum Gasteiger partial charge on any atom is 0.161 e. The van der Waals surface area contributed by atoms with Crippen molar-refractivity contribution in [3.8, 4) is 0 Å². The average Bonchev–Trinajstić information content (AvgIpc) is 2.86.